The van der Waals surface area contributed by atoms with E-state index in [1.807, 2.05) is 0 Å². The summed E-state index contributed by atoms with van der Waals surface area (Å²) in [5.41, 5.74) is 1.88. The molecular weight excluding hydrogens is 362 g/mol. The molecule has 1 aliphatic rings. The molecule has 0 atom stereocenters. The minimum Gasteiger partial charge on any atom is -0.465 e. The summed E-state index contributed by atoms with van der Waals surface area (Å²) in [5, 5.41) is 14.4. The molecule has 1 N–H and O–H groups in total. The predicted octanol–water partition coefficient (Wildman–Crippen LogP) is 3.23. The molecule has 28 heavy (non-hydrogen) atoms. The molecule has 0 unspecified atom stereocenters. The molecular formula is C20H21N3O5. The van der Waals surface area contributed by atoms with Crippen LogP contribution in [-0.2, 0) is 11.3 Å². The van der Waals surface area contributed by atoms with Gasteiger partial charge in [-0.3, -0.25) is 14.9 Å². The molecule has 0 aliphatic carbocycles. The number of rotatable bonds is 6. The summed E-state index contributed by atoms with van der Waals surface area (Å²) in [4.78, 5) is 36.7. The number of benzene rings is 2. The van der Waals surface area contributed by atoms with Gasteiger partial charge in [-0.25, -0.2) is 4.79 Å². The van der Waals surface area contributed by atoms with E-state index in [0.717, 1.165) is 18.4 Å². The lowest BCUT2D eigenvalue weighted by atomic mass is 10.1. The molecule has 2 aromatic rings. The van der Waals surface area contributed by atoms with Gasteiger partial charge in [0, 0.05) is 31.3 Å². The maximum absolute atomic E-state index is 12.6. The van der Waals surface area contributed by atoms with E-state index in [9.17, 15) is 19.7 Å². The van der Waals surface area contributed by atoms with Gasteiger partial charge in [0.15, 0.2) is 0 Å². The number of carbonyl (C=O) groups excluding carboxylic acids is 2. The zero-order valence-electron chi connectivity index (χ0n) is 15.5. The first kappa shape index (κ1) is 19.3. The fraction of sp³-hybridized carbons (Fsp3) is 0.300. The SMILES string of the molecule is COC(=O)c1ccc(CNc2cc(C(=O)N3CCCC3)ccc2[N+](=O)[O-])cc1. The minimum atomic E-state index is -0.479. The molecule has 1 fully saturated rings. The van der Waals surface area contributed by atoms with Crippen molar-refractivity contribution in [2.45, 2.75) is 19.4 Å². The van der Waals surface area contributed by atoms with E-state index in [0.29, 0.717) is 30.8 Å². The zero-order chi connectivity index (χ0) is 20.1. The first-order valence-corrected chi connectivity index (χ1v) is 8.98. The van der Waals surface area contributed by atoms with E-state index in [4.69, 9.17) is 0 Å². The van der Waals surface area contributed by atoms with Gasteiger partial charge in [0.2, 0.25) is 0 Å². The van der Waals surface area contributed by atoms with Crippen LogP contribution in [0.4, 0.5) is 11.4 Å². The fourth-order valence-electron chi connectivity index (χ4n) is 3.15. The van der Waals surface area contributed by atoms with Gasteiger partial charge in [0.05, 0.1) is 17.6 Å². The van der Waals surface area contributed by atoms with Crippen molar-refractivity contribution in [2.24, 2.45) is 0 Å². The number of likely N-dealkylation sites (tertiary alicyclic amines) is 1. The highest BCUT2D eigenvalue weighted by Crippen LogP contribution is 2.27. The lowest BCUT2D eigenvalue weighted by Crippen LogP contribution is -2.27. The molecule has 2 aromatic carbocycles. The second-order valence-corrected chi connectivity index (χ2v) is 6.53. The number of ether oxygens (including phenoxy) is 1. The van der Waals surface area contributed by atoms with Crippen LogP contribution in [0.3, 0.4) is 0 Å². The molecule has 1 amide bonds. The van der Waals surface area contributed by atoms with E-state index < -0.39 is 10.9 Å². The number of carbonyl (C=O) groups is 2. The quantitative estimate of drug-likeness (QED) is 0.467. The van der Waals surface area contributed by atoms with Crippen LogP contribution in [0.15, 0.2) is 42.5 Å². The number of nitro benzene ring substituents is 1. The number of nitro groups is 1. The van der Waals surface area contributed by atoms with Crippen LogP contribution in [0.2, 0.25) is 0 Å². The number of hydrogen-bond acceptors (Lipinski definition) is 6. The monoisotopic (exact) mass is 383 g/mol. The minimum absolute atomic E-state index is 0.0934. The Bertz CT molecular complexity index is 889. The van der Waals surface area contributed by atoms with Crippen molar-refractivity contribution in [3.8, 4) is 0 Å². The first-order chi connectivity index (χ1) is 13.5. The van der Waals surface area contributed by atoms with Crippen molar-refractivity contribution in [3.05, 3.63) is 69.3 Å². The summed E-state index contributed by atoms with van der Waals surface area (Å²) in [6.07, 6.45) is 1.96. The van der Waals surface area contributed by atoms with Crippen molar-refractivity contribution >= 4 is 23.3 Å². The largest absolute Gasteiger partial charge is 0.465 e. The average Bonchev–Trinajstić information content (AvgIpc) is 3.26. The summed E-state index contributed by atoms with van der Waals surface area (Å²) in [5.74, 6) is -0.541. The second-order valence-electron chi connectivity index (χ2n) is 6.53. The van der Waals surface area contributed by atoms with Gasteiger partial charge in [-0.1, -0.05) is 12.1 Å². The number of esters is 1. The number of nitrogens with one attached hydrogen (secondary N) is 1. The summed E-state index contributed by atoms with van der Waals surface area (Å²) >= 11 is 0. The Morgan fingerprint density at radius 3 is 2.36 bits per heavy atom. The third-order valence-electron chi connectivity index (χ3n) is 4.69. The number of nitrogens with zero attached hydrogens (tertiary/aromatic N) is 2. The van der Waals surface area contributed by atoms with Gasteiger partial charge in [0.25, 0.3) is 11.6 Å². The van der Waals surface area contributed by atoms with Gasteiger partial charge in [-0.2, -0.15) is 0 Å². The van der Waals surface area contributed by atoms with Crippen LogP contribution in [0.25, 0.3) is 0 Å². The third kappa shape index (κ3) is 4.28. The Kier molecular flexibility index (Phi) is 5.88. The molecule has 0 bridgehead atoms. The smallest absolute Gasteiger partial charge is 0.337 e. The fourth-order valence-corrected chi connectivity index (χ4v) is 3.15. The molecule has 1 aliphatic heterocycles. The standard InChI is InChI=1S/C20H21N3O5/c1-28-20(25)15-6-4-14(5-7-15)13-21-17-12-16(8-9-18(17)23(26)27)19(24)22-10-2-3-11-22/h4-9,12,21H,2-3,10-11,13H2,1H3. The van der Waals surface area contributed by atoms with Crippen LogP contribution in [0.5, 0.6) is 0 Å². The van der Waals surface area contributed by atoms with Crippen LogP contribution in [-0.4, -0.2) is 41.9 Å². The maximum Gasteiger partial charge on any atom is 0.337 e. The van der Waals surface area contributed by atoms with Crippen LogP contribution >= 0.6 is 0 Å². The molecule has 8 heteroatoms. The number of hydrogen-bond donors (Lipinski definition) is 1. The second kappa shape index (κ2) is 8.51. The lowest BCUT2D eigenvalue weighted by Gasteiger charge is -2.16. The Hall–Kier alpha value is -3.42. The molecule has 8 nitrogen and oxygen atoms in total. The molecule has 0 spiro atoms. The van der Waals surface area contributed by atoms with Crippen molar-refractivity contribution in [1.82, 2.24) is 4.90 Å². The van der Waals surface area contributed by atoms with Crippen molar-refractivity contribution in [1.29, 1.82) is 0 Å². The van der Waals surface area contributed by atoms with Gasteiger partial charge in [-0.15, -0.1) is 0 Å². The highest BCUT2D eigenvalue weighted by molar-refractivity contribution is 5.96. The highest BCUT2D eigenvalue weighted by atomic mass is 16.6. The highest BCUT2D eigenvalue weighted by Gasteiger charge is 2.22. The first-order valence-electron chi connectivity index (χ1n) is 8.98. The Morgan fingerprint density at radius 1 is 1.11 bits per heavy atom. The van der Waals surface area contributed by atoms with E-state index in [-0.39, 0.29) is 17.3 Å². The van der Waals surface area contributed by atoms with E-state index in [2.05, 4.69) is 10.1 Å². The van der Waals surface area contributed by atoms with Gasteiger partial charge < -0.3 is 15.0 Å². The van der Waals surface area contributed by atoms with Crippen molar-refractivity contribution in [2.75, 3.05) is 25.5 Å². The normalized spacial score (nSPS) is 13.2. The molecule has 3 rings (SSSR count). The Labute approximate surface area is 162 Å². The summed E-state index contributed by atoms with van der Waals surface area (Å²) in [6, 6.07) is 11.1. The van der Waals surface area contributed by atoms with E-state index in [1.165, 1.54) is 25.3 Å². The molecule has 0 radical (unpaired) electrons. The lowest BCUT2D eigenvalue weighted by molar-refractivity contribution is -0.384. The molecule has 1 saturated heterocycles. The van der Waals surface area contributed by atoms with Gasteiger partial charge >= 0.3 is 5.97 Å². The number of methoxy groups -OCH3 is 1. The van der Waals surface area contributed by atoms with Crippen molar-refractivity contribution in [3.63, 3.8) is 0 Å². The Balaban J connectivity index is 1.77. The van der Waals surface area contributed by atoms with Crippen LogP contribution in [0.1, 0.15) is 39.1 Å². The summed E-state index contributed by atoms with van der Waals surface area (Å²) < 4.78 is 4.66. The number of anilines is 1. The van der Waals surface area contributed by atoms with Crippen molar-refractivity contribution < 1.29 is 19.2 Å². The maximum atomic E-state index is 12.6. The Morgan fingerprint density at radius 2 is 1.75 bits per heavy atom. The van der Waals surface area contributed by atoms with E-state index in [1.54, 1.807) is 29.2 Å². The molecule has 0 saturated carbocycles. The summed E-state index contributed by atoms with van der Waals surface area (Å²) in [6.45, 7) is 1.74. The topological polar surface area (TPSA) is 102 Å². The van der Waals surface area contributed by atoms with E-state index >= 15 is 0 Å². The number of amides is 1. The summed E-state index contributed by atoms with van der Waals surface area (Å²) in [7, 11) is 1.31. The average molecular weight is 383 g/mol. The van der Waals surface area contributed by atoms with Gasteiger partial charge in [-0.05, 0) is 42.7 Å². The third-order valence-corrected chi connectivity index (χ3v) is 4.69. The predicted molar refractivity (Wildman–Crippen MR) is 103 cm³/mol. The van der Waals surface area contributed by atoms with Crippen LogP contribution in [0, 0.1) is 10.1 Å². The molecule has 1 heterocycles. The van der Waals surface area contributed by atoms with Crippen LogP contribution < -0.4 is 5.32 Å². The molecule has 0 aromatic heterocycles. The van der Waals surface area contributed by atoms with Gasteiger partial charge in [0.1, 0.15) is 5.69 Å². The zero-order valence-corrected chi connectivity index (χ0v) is 15.5. The molecule has 146 valence electrons.